The maximum Gasteiger partial charge on any atom is 0.271 e. The molecule has 3 aromatic rings. The molecule has 0 aliphatic rings. The van der Waals surface area contributed by atoms with Crippen molar-refractivity contribution in [1.82, 2.24) is 15.1 Å². The standard InChI is InChI=1S/C20H20FN3O2/c1-14-13-18(23-24(14)19-6-4-3-5-17(19)21)20(25)22-12-11-15-7-9-16(26-2)10-8-15/h3-10,13H,11-12H2,1-2H3,(H,22,25). The lowest BCUT2D eigenvalue weighted by atomic mass is 10.1. The van der Waals surface area contributed by atoms with Gasteiger partial charge in [-0.05, 0) is 49.2 Å². The minimum Gasteiger partial charge on any atom is -0.497 e. The summed E-state index contributed by atoms with van der Waals surface area (Å²) in [7, 11) is 1.62. The maximum atomic E-state index is 13.9. The number of hydrogen-bond acceptors (Lipinski definition) is 3. The zero-order chi connectivity index (χ0) is 18.5. The molecule has 0 aliphatic carbocycles. The summed E-state index contributed by atoms with van der Waals surface area (Å²) in [5, 5.41) is 7.08. The smallest absolute Gasteiger partial charge is 0.271 e. The first-order valence-electron chi connectivity index (χ1n) is 8.31. The molecular formula is C20H20FN3O2. The summed E-state index contributed by atoms with van der Waals surface area (Å²) in [4.78, 5) is 12.3. The number of aromatic nitrogens is 2. The molecule has 2 aromatic carbocycles. The van der Waals surface area contributed by atoms with Crippen molar-refractivity contribution in [1.29, 1.82) is 0 Å². The first kappa shape index (κ1) is 17.7. The molecule has 3 rings (SSSR count). The molecule has 0 radical (unpaired) electrons. The number of benzene rings is 2. The lowest BCUT2D eigenvalue weighted by Gasteiger charge is -2.06. The second kappa shape index (κ2) is 7.82. The molecule has 0 saturated heterocycles. The third kappa shape index (κ3) is 3.91. The Morgan fingerprint density at radius 2 is 1.92 bits per heavy atom. The molecule has 134 valence electrons. The summed E-state index contributed by atoms with van der Waals surface area (Å²) in [6.45, 7) is 2.27. The van der Waals surface area contributed by atoms with Gasteiger partial charge in [-0.25, -0.2) is 9.07 Å². The van der Waals surface area contributed by atoms with Crippen LogP contribution >= 0.6 is 0 Å². The quantitative estimate of drug-likeness (QED) is 0.740. The number of ether oxygens (including phenoxy) is 1. The van der Waals surface area contributed by atoms with E-state index in [1.807, 2.05) is 24.3 Å². The number of aryl methyl sites for hydroxylation is 1. The SMILES string of the molecule is COc1ccc(CCNC(=O)c2cc(C)n(-c3ccccc3F)n2)cc1. The van der Waals surface area contributed by atoms with Crippen molar-refractivity contribution in [3.63, 3.8) is 0 Å². The third-order valence-electron chi connectivity index (χ3n) is 4.06. The number of amides is 1. The molecule has 0 unspecified atom stereocenters. The second-order valence-electron chi connectivity index (χ2n) is 5.89. The average molecular weight is 353 g/mol. The number of hydrogen-bond donors (Lipinski definition) is 1. The van der Waals surface area contributed by atoms with Crippen molar-refractivity contribution in [3.05, 3.63) is 77.4 Å². The van der Waals surface area contributed by atoms with E-state index in [2.05, 4.69) is 10.4 Å². The highest BCUT2D eigenvalue weighted by atomic mass is 19.1. The van der Waals surface area contributed by atoms with Gasteiger partial charge in [0.1, 0.15) is 17.3 Å². The van der Waals surface area contributed by atoms with Crippen LogP contribution in [0.15, 0.2) is 54.6 Å². The van der Waals surface area contributed by atoms with Gasteiger partial charge in [-0.15, -0.1) is 0 Å². The minimum atomic E-state index is -0.384. The Balaban J connectivity index is 1.63. The van der Waals surface area contributed by atoms with E-state index in [1.54, 1.807) is 38.3 Å². The van der Waals surface area contributed by atoms with Crippen LogP contribution in [0.25, 0.3) is 5.69 Å². The van der Waals surface area contributed by atoms with Gasteiger partial charge in [0.25, 0.3) is 5.91 Å². The molecule has 0 bridgehead atoms. The van der Waals surface area contributed by atoms with E-state index >= 15 is 0 Å². The Kier molecular flexibility index (Phi) is 5.31. The second-order valence-corrected chi connectivity index (χ2v) is 5.89. The molecule has 1 N–H and O–H groups in total. The molecule has 6 heteroatoms. The number of para-hydroxylation sites is 1. The summed E-state index contributed by atoms with van der Waals surface area (Å²) in [6, 6.07) is 15.7. The molecule has 1 heterocycles. The summed E-state index contributed by atoms with van der Waals surface area (Å²) in [6.07, 6.45) is 0.697. The van der Waals surface area contributed by atoms with E-state index < -0.39 is 0 Å². The van der Waals surface area contributed by atoms with Crippen LogP contribution in [0.4, 0.5) is 4.39 Å². The van der Waals surface area contributed by atoms with E-state index in [0.29, 0.717) is 24.3 Å². The number of nitrogens with one attached hydrogen (secondary N) is 1. The molecule has 1 aromatic heterocycles. The van der Waals surface area contributed by atoms with Crippen LogP contribution in [0.5, 0.6) is 5.75 Å². The molecule has 0 atom stereocenters. The minimum absolute atomic E-state index is 0.264. The van der Waals surface area contributed by atoms with Crippen LogP contribution in [0.2, 0.25) is 0 Å². The van der Waals surface area contributed by atoms with Crippen molar-refractivity contribution < 1.29 is 13.9 Å². The van der Waals surface area contributed by atoms with Crippen LogP contribution < -0.4 is 10.1 Å². The zero-order valence-corrected chi connectivity index (χ0v) is 14.7. The van der Waals surface area contributed by atoms with Crippen LogP contribution in [0.1, 0.15) is 21.7 Å². The summed E-state index contributed by atoms with van der Waals surface area (Å²) in [5.41, 5.74) is 2.37. The van der Waals surface area contributed by atoms with Crippen LogP contribution in [-0.2, 0) is 6.42 Å². The lowest BCUT2D eigenvalue weighted by molar-refractivity contribution is 0.0948. The third-order valence-corrected chi connectivity index (χ3v) is 4.06. The number of carbonyl (C=O) groups excluding carboxylic acids is 1. The Morgan fingerprint density at radius 3 is 2.62 bits per heavy atom. The zero-order valence-electron chi connectivity index (χ0n) is 14.7. The van der Waals surface area contributed by atoms with Gasteiger partial charge in [-0.3, -0.25) is 4.79 Å². The van der Waals surface area contributed by atoms with E-state index in [4.69, 9.17) is 4.74 Å². The van der Waals surface area contributed by atoms with Crippen molar-refractivity contribution in [2.75, 3.05) is 13.7 Å². The highest BCUT2D eigenvalue weighted by Gasteiger charge is 2.14. The predicted molar refractivity (Wildman–Crippen MR) is 97.3 cm³/mol. The summed E-state index contributed by atoms with van der Waals surface area (Å²) < 4.78 is 20.5. The lowest BCUT2D eigenvalue weighted by Crippen LogP contribution is -2.26. The van der Waals surface area contributed by atoms with Gasteiger partial charge >= 0.3 is 0 Å². The van der Waals surface area contributed by atoms with Crippen molar-refractivity contribution in [2.24, 2.45) is 0 Å². The number of rotatable bonds is 6. The largest absolute Gasteiger partial charge is 0.497 e. The Bertz CT molecular complexity index is 904. The summed E-state index contributed by atoms with van der Waals surface area (Å²) >= 11 is 0. The van der Waals surface area contributed by atoms with Crippen LogP contribution in [0, 0.1) is 12.7 Å². The van der Waals surface area contributed by atoms with Gasteiger partial charge in [0, 0.05) is 12.2 Å². The predicted octanol–water partition coefficient (Wildman–Crippen LogP) is 3.30. The van der Waals surface area contributed by atoms with E-state index in [9.17, 15) is 9.18 Å². The first-order chi connectivity index (χ1) is 12.6. The first-order valence-corrected chi connectivity index (χ1v) is 8.31. The van der Waals surface area contributed by atoms with Crippen molar-refractivity contribution >= 4 is 5.91 Å². The highest BCUT2D eigenvalue weighted by molar-refractivity contribution is 5.92. The summed E-state index contributed by atoms with van der Waals surface area (Å²) in [5.74, 6) is 0.133. The molecule has 0 fully saturated rings. The monoisotopic (exact) mass is 353 g/mol. The number of carbonyl (C=O) groups is 1. The molecule has 0 spiro atoms. The van der Waals surface area contributed by atoms with Gasteiger partial charge in [-0.2, -0.15) is 5.10 Å². The molecule has 26 heavy (non-hydrogen) atoms. The van der Waals surface area contributed by atoms with Gasteiger partial charge in [-0.1, -0.05) is 24.3 Å². The van der Waals surface area contributed by atoms with Gasteiger partial charge < -0.3 is 10.1 Å². The van der Waals surface area contributed by atoms with Gasteiger partial charge in [0.15, 0.2) is 5.69 Å². The van der Waals surface area contributed by atoms with Crippen molar-refractivity contribution in [3.8, 4) is 11.4 Å². The van der Waals surface area contributed by atoms with Crippen LogP contribution in [0.3, 0.4) is 0 Å². The topological polar surface area (TPSA) is 56.1 Å². The van der Waals surface area contributed by atoms with E-state index in [0.717, 1.165) is 11.3 Å². The van der Waals surface area contributed by atoms with Gasteiger partial charge in [0.05, 0.1) is 7.11 Å². The Hall–Kier alpha value is -3.15. The molecule has 0 saturated carbocycles. The highest BCUT2D eigenvalue weighted by Crippen LogP contribution is 2.16. The van der Waals surface area contributed by atoms with E-state index in [1.165, 1.54) is 10.7 Å². The normalized spacial score (nSPS) is 10.6. The number of methoxy groups -OCH3 is 1. The fraction of sp³-hybridized carbons (Fsp3) is 0.200. The van der Waals surface area contributed by atoms with Gasteiger partial charge in [0.2, 0.25) is 0 Å². The molecular weight excluding hydrogens is 333 g/mol. The molecule has 0 aliphatic heterocycles. The fourth-order valence-electron chi connectivity index (χ4n) is 2.66. The molecule has 1 amide bonds. The number of halogens is 1. The average Bonchev–Trinajstić information content (AvgIpc) is 3.04. The fourth-order valence-corrected chi connectivity index (χ4v) is 2.66. The maximum absolute atomic E-state index is 13.9. The molecule has 5 nitrogen and oxygen atoms in total. The number of nitrogens with zero attached hydrogens (tertiary/aromatic N) is 2. The van der Waals surface area contributed by atoms with E-state index in [-0.39, 0.29) is 17.4 Å². The van der Waals surface area contributed by atoms with Crippen LogP contribution in [-0.4, -0.2) is 29.3 Å². The van der Waals surface area contributed by atoms with Crippen molar-refractivity contribution in [2.45, 2.75) is 13.3 Å². The Morgan fingerprint density at radius 1 is 1.19 bits per heavy atom. The Labute approximate surface area is 151 Å².